The summed E-state index contributed by atoms with van der Waals surface area (Å²) in [6.45, 7) is 8.30. The number of rotatable bonds is 5. The number of para-hydroxylation sites is 2. The maximum Gasteiger partial charge on any atom is 0.244 e. The number of carbonyl (C=O) groups is 2. The van der Waals surface area contributed by atoms with Crippen molar-refractivity contribution in [3.05, 3.63) is 89.0 Å². The second-order valence-corrected chi connectivity index (χ2v) is 8.83. The van der Waals surface area contributed by atoms with Gasteiger partial charge in [-0.2, -0.15) is 0 Å². The summed E-state index contributed by atoms with van der Waals surface area (Å²) < 4.78 is 0. The van der Waals surface area contributed by atoms with Gasteiger partial charge < -0.3 is 10.2 Å². The summed E-state index contributed by atoms with van der Waals surface area (Å²) in [6, 6.07) is 21.4. The first kappa shape index (κ1) is 22.5. The molecule has 3 aromatic carbocycles. The van der Waals surface area contributed by atoms with Gasteiger partial charge in [0.25, 0.3) is 0 Å². The quantitative estimate of drug-likeness (QED) is 0.536. The third-order valence-corrected chi connectivity index (χ3v) is 6.05. The molecule has 0 spiro atoms. The Morgan fingerprint density at radius 1 is 1.00 bits per heavy atom. The Labute approximate surface area is 195 Å². The highest BCUT2D eigenvalue weighted by Crippen LogP contribution is 2.33. The molecule has 2 amide bonds. The van der Waals surface area contributed by atoms with Crippen LogP contribution in [0.3, 0.4) is 0 Å². The molecule has 168 valence electrons. The van der Waals surface area contributed by atoms with Gasteiger partial charge in [-0.25, -0.2) is 0 Å². The van der Waals surface area contributed by atoms with E-state index in [0.717, 1.165) is 11.1 Å². The molecule has 1 aliphatic rings. The number of hydrogen-bond acceptors (Lipinski definition) is 3. The highest BCUT2D eigenvalue weighted by Gasteiger charge is 2.26. The molecule has 5 nitrogen and oxygen atoms in total. The molecular formula is C28H29N3O2. The molecule has 0 aliphatic carbocycles. The van der Waals surface area contributed by atoms with E-state index in [1.807, 2.05) is 60.7 Å². The highest BCUT2D eigenvalue weighted by atomic mass is 16.2. The smallest absolute Gasteiger partial charge is 0.244 e. The van der Waals surface area contributed by atoms with E-state index in [2.05, 4.69) is 39.1 Å². The molecular weight excluding hydrogens is 410 g/mol. The maximum atomic E-state index is 13.3. The van der Waals surface area contributed by atoms with Crippen molar-refractivity contribution in [2.24, 2.45) is 4.99 Å². The van der Waals surface area contributed by atoms with Crippen molar-refractivity contribution in [2.45, 2.75) is 40.0 Å². The van der Waals surface area contributed by atoms with Crippen molar-refractivity contribution >= 4 is 34.6 Å². The average molecular weight is 440 g/mol. The molecule has 0 atom stereocenters. The Balaban J connectivity index is 1.57. The van der Waals surface area contributed by atoms with Crippen LogP contribution in [-0.2, 0) is 9.59 Å². The number of carbonyl (C=O) groups excluding carboxylic acids is 2. The number of aryl methyl sites for hydroxylation is 2. The molecule has 33 heavy (non-hydrogen) atoms. The van der Waals surface area contributed by atoms with Crippen LogP contribution in [-0.4, -0.2) is 24.1 Å². The summed E-state index contributed by atoms with van der Waals surface area (Å²) in [7, 11) is 0. The fourth-order valence-electron chi connectivity index (χ4n) is 3.90. The second-order valence-electron chi connectivity index (χ2n) is 8.83. The van der Waals surface area contributed by atoms with E-state index in [-0.39, 0.29) is 24.8 Å². The number of amides is 2. The van der Waals surface area contributed by atoms with Crippen LogP contribution in [0.15, 0.2) is 71.7 Å². The first-order valence-corrected chi connectivity index (χ1v) is 11.3. The molecule has 4 rings (SSSR count). The molecule has 3 aromatic rings. The minimum absolute atomic E-state index is 0.0719. The van der Waals surface area contributed by atoms with Gasteiger partial charge in [0.05, 0.1) is 23.5 Å². The number of nitrogens with zero attached hydrogens (tertiary/aromatic N) is 2. The normalized spacial score (nSPS) is 13.4. The van der Waals surface area contributed by atoms with Crippen LogP contribution in [0, 0.1) is 13.8 Å². The van der Waals surface area contributed by atoms with Crippen LogP contribution in [0.2, 0.25) is 0 Å². The number of hydrogen-bond donors (Lipinski definition) is 1. The van der Waals surface area contributed by atoms with E-state index in [1.165, 1.54) is 16.0 Å². The standard InChI is InChI=1S/C28H29N3O2/c1-18(2)21-11-13-23(14-12-21)29-27(32)17-31-26-8-6-5-7-24(26)30-25(16-28(31)33)22-10-9-19(3)20(4)15-22/h5-15,18H,16-17H2,1-4H3,(H,29,32). The van der Waals surface area contributed by atoms with Crippen LogP contribution >= 0.6 is 0 Å². The van der Waals surface area contributed by atoms with Gasteiger partial charge in [0, 0.05) is 5.69 Å². The number of aliphatic imine (C=N–C) groups is 1. The van der Waals surface area contributed by atoms with Gasteiger partial charge in [-0.1, -0.05) is 50.2 Å². The predicted octanol–water partition coefficient (Wildman–Crippen LogP) is 5.92. The molecule has 1 aliphatic heterocycles. The van der Waals surface area contributed by atoms with E-state index in [0.29, 0.717) is 28.7 Å². The molecule has 0 saturated carbocycles. The van der Waals surface area contributed by atoms with Crippen LogP contribution < -0.4 is 10.2 Å². The largest absolute Gasteiger partial charge is 0.325 e. The zero-order valence-corrected chi connectivity index (χ0v) is 19.6. The van der Waals surface area contributed by atoms with E-state index in [9.17, 15) is 9.59 Å². The van der Waals surface area contributed by atoms with E-state index in [4.69, 9.17) is 4.99 Å². The van der Waals surface area contributed by atoms with E-state index in [1.54, 1.807) is 0 Å². The average Bonchev–Trinajstić information content (AvgIpc) is 2.92. The van der Waals surface area contributed by atoms with Gasteiger partial charge in [0.2, 0.25) is 11.8 Å². The van der Waals surface area contributed by atoms with Crippen LogP contribution in [0.5, 0.6) is 0 Å². The van der Waals surface area contributed by atoms with Crippen molar-refractivity contribution < 1.29 is 9.59 Å². The molecule has 0 bridgehead atoms. The summed E-state index contributed by atoms with van der Waals surface area (Å²) in [5.74, 6) is 0.0276. The molecule has 1 heterocycles. The Hall–Kier alpha value is -3.73. The second kappa shape index (κ2) is 9.41. The zero-order chi connectivity index (χ0) is 23.5. The lowest BCUT2D eigenvalue weighted by molar-refractivity contribution is -0.120. The molecule has 1 N–H and O–H groups in total. The summed E-state index contributed by atoms with van der Waals surface area (Å²) in [4.78, 5) is 32.5. The zero-order valence-electron chi connectivity index (χ0n) is 19.6. The van der Waals surface area contributed by atoms with Crippen LogP contribution in [0.1, 0.15) is 48.4 Å². The first-order chi connectivity index (χ1) is 15.8. The van der Waals surface area contributed by atoms with Gasteiger partial charge in [0.15, 0.2) is 0 Å². The monoisotopic (exact) mass is 439 g/mol. The van der Waals surface area contributed by atoms with Crippen molar-refractivity contribution in [2.75, 3.05) is 16.8 Å². The molecule has 0 radical (unpaired) electrons. The van der Waals surface area contributed by atoms with Gasteiger partial charge in [-0.15, -0.1) is 0 Å². The lowest BCUT2D eigenvalue weighted by Crippen LogP contribution is -2.38. The summed E-state index contributed by atoms with van der Waals surface area (Å²) >= 11 is 0. The SMILES string of the molecule is Cc1ccc(C2=Nc3ccccc3N(CC(=O)Nc3ccc(C(C)C)cc3)C(=O)C2)cc1C. The van der Waals surface area contributed by atoms with Crippen molar-refractivity contribution in [1.29, 1.82) is 0 Å². The summed E-state index contributed by atoms with van der Waals surface area (Å²) in [6.07, 6.45) is 0.132. The van der Waals surface area contributed by atoms with Crippen molar-refractivity contribution in [3.63, 3.8) is 0 Å². The van der Waals surface area contributed by atoms with Crippen LogP contribution in [0.4, 0.5) is 17.1 Å². The highest BCUT2D eigenvalue weighted by molar-refractivity contribution is 6.19. The number of fused-ring (bicyclic) bond motifs is 1. The Bertz CT molecular complexity index is 1230. The topological polar surface area (TPSA) is 61.8 Å². The van der Waals surface area contributed by atoms with Crippen molar-refractivity contribution in [3.8, 4) is 0 Å². The Morgan fingerprint density at radius 2 is 1.73 bits per heavy atom. The van der Waals surface area contributed by atoms with Crippen molar-refractivity contribution in [1.82, 2.24) is 0 Å². The minimum atomic E-state index is -0.245. The fourth-order valence-corrected chi connectivity index (χ4v) is 3.90. The van der Waals surface area contributed by atoms with Gasteiger partial charge in [-0.05, 0) is 72.4 Å². The third-order valence-electron chi connectivity index (χ3n) is 6.05. The number of benzene rings is 3. The minimum Gasteiger partial charge on any atom is -0.325 e. The molecule has 0 aromatic heterocycles. The predicted molar refractivity (Wildman–Crippen MR) is 135 cm³/mol. The Morgan fingerprint density at radius 3 is 2.42 bits per heavy atom. The number of nitrogens with one attached hydrogen (secondary N) is 1. The fraction of sp³-hybridized carbons (Fsp3) is 0.250. The molecule has 5 heteroatoms. The lowest BCUT2D eigenvalue weighted by atomic mass is 10.0. The van der Waals surface area contributed by atoms with E-state index >= 15 is 0 Å². The molecule has 0 unspecified atom stereocenters. The van der Waals surface area contributed by atoms with Gasteiger partial charge >= 0.3 is 0 Å². The molecule has 0 saturated heterocycles. The Kier molecular flexibility index (Phi) is 6.40. The number of anilines is 2. The first-order valence-electron chi connectivity index (χ1n) is 11.3. The third kappa shape index (κ3) is 5.03. The maximum absolute atomic E-state index is 13.3. The lowest BCUT2D eigenvalue weighted by Gasteiger charge is -2.22. The van der Waals surface area contributed by atoms with Gasteiger partial charge in [0.1, 0.15) is 6.54 Å². The summed E-state index contributed by atoms with van der Waals surface area (Å²) in [5.41, 5.74) is 7.24. The van der Waals surface area contributed by atoms with Gasteiger partial charge in [-0.3, -0.25) is 14.6 Å². The van der Waals surface area contributed by atoms with Crippen LogP contribution in [0.25, 0.3) is 0 Å². The molecule has 0 fully saturated rings. The summed E-state index contributed by atoms with van der Waals surface area (Å²) in [5, 5.41) is 2.91. The van der Waals surface area contributed by atoms with E-state index < -0.39 is 0 Å².